The molecule has 1 aromatic heterocycles. The molecule has 0 saturated heterocycles. The number of aromatic nitrogens is 1. The van der Waals surface area contributed by atoms with Crippen molar-refractivity contribution >= 4 is 16.8 Å². The fourth-order valence-corrected chi connectivity index (χ4v) is 1.88. The molecule has 0 aliphatic rings. The van der Waals surface area contributed by atoms with Crippen LogP contribution in [0.1, 0.15) is 17.4 Å². The Morgan fingerprint density at radius 3 is 2.89 bits per heavy atom. The highest BCUT2D eigenvalue weighted by molar-refractivity contribution is 5.98. The van der Waals surface area contributed by atoms with E-state index in [2.05, 4.69) is 5.32 Å². The van der Waals surface area contributed by atoms with Crippen molar-refractivity contribution in [2.24, 2.45) is 12.8 Å². The Labute approximate surface area is 105 Å². The second kappa shape index (κ2) is 4.70. The van der Waals surface area contributed by atoms with Gasteiger partial charge in [-0.15, -0.1) is 0 Å². The van der Waals surface area contributed by atoms with Crippen molar-refractivity contribution in [3.63, 3.8) is 0 Å². The smallest absolute Gasteiger partial charge is 0.267 e. The SMILES string of the molecule is CC(N)CNC(=O)c1cc2ccc(O)cc2n1C. The fraction of sp³-hybridized carbons (Fsp3) is 0.308. The molecule has 2 aromatic rings. The molecule has 4 N–H and O–H groups in total. The number of nitrogens with zero attached hydrogens (tertiary/aromatic N) is 1. The molecule has 0 saturated carbocycles. The van der Waals surface area contributed by atoms with Crippen LogP contribution >= 0.6 is 0 Å². The van der Waals surface area contributed by atoms with Crippen molar-refractivity contribution in [3.8, 4) is 5.75 Å². The first-order chi connectivity index (χ1) is 8.49. The molecule has 5 heteroatoms. The lowest BCUT2D eigenvalue weighted by molar-refractivity contribution is 0.0944. The average Bonchev–Trinajstić information content (AvgIpc) is 2.64. The van der Waals surface area contributed by atoms with Crippen LogP contribution in [-0.4, -0.2) is 28.2 Å². The molecule has 1 unspecified atom stereocenters. The van der Waals surface area contributed by atoms with Gasteiger partial charge in [0.25, 0.3) is 5.91 Å². The van der Waals surface area contributed by atoms with Crippen LogP contribution in [-0.2, 0) is 7.05 Å². The number of carbonyl (C=O) groups excluding carboxylic acids is 1. The number of nitrogens with two attached hydrogens (primary N) is 1. The molecule has 1 aromatic carbocycles. The molecule has 1 atom stereocenters. The van der Waals surface area contributed by atoms with E-state index in [9.17, 15) is 9.90 Å². The molecular weight excluding hydrogens is 230 g/mol. The molecule has 0 radical (unpaired) electrons. The zero-order valence-electron chi connectivity index (χ0n) is 10.5. The minimum absolute atomic E-state index is 0.0762. The van der Waals surface area contributed by atoms with Crippen LogP contribution in [0.25, 0.3) is 10.9 Å². The normalized spacial score (nSPS) is 12.6. The number of aryl methyl sites for hydroxylation is 1. The second-order valence-corrected chi connectivity index (χ2v) is 4.52. The molecule has 5 nitrogen and oxygen atoms in total. The van der Waals surface area contributed by atoms with Gasteiger partial charge in [0.1, 0.15) is 11.4 Å². The lowest BCUT2D eigenvalue weighted by atomic mass is 10.2. The summed E-state index contributed by atoms with van der Waals surface area (Å²) in [5.41, 5.74) is 6.97. The van der Waals surface area contributed by atoms with E-state index in [1.54, 1.807) is 35.9 Å². The topological polar surface area (TPSA) is 80.3 Å². The molecule has 0 bridgehead atoms. The number of hydrogen-bond donors (Lipinski definition) is 3. The Morgan fingerprint density at radius 1 is 1.50 bits per heavy atom. The first kappa shape index (κ1) is 12.4. The lowest BCUT2D eigenvalue weighted by Gasteiger charge is -2.08. The third-order valence-electron chi connectivity index (χ3n) is 2.85. The van der Waals surface area contributed by atoms with Gasteiger partial charge in [-0.25, -0.2) is 0 Å². The summed E-state index contributed by atoms with van der Waals surface area (Å²) in [5, 5.41) is 13.1. The molecule has 0 spiro atoms. The molecule has 0 aliphatic carbocycles. The summed E-state index contributed by atoms with van der Waals surface area (Å²) >= 11 is 0. The summed E-state index contributed by atoms with van der Waals surface area (Å²) in [6, 6.07) is 6.75. The van der Waals surface area contributed by atoms with Gasteiger partial charge in [0.05, 0.1) is 5.52 Å². The predicted octanol–water partition coefficient (Wildman–Crippen LogP) is 0.961. The number of phenols is 1. The number of nitrogens with one attached hydrogen (secondary N) is 1. The predicted molar refractivity (Wildman–Crippen MR) is 70.6 cm³/mol. The highest BCUT2D eigenvalue weighted by Gasteiger charge is 2.13. The zero-order valence-corrected chi connectivity index (χ0v) is 10.5. The van der Waals surface area contributed by atoms with Crippen molar-refractivity contribution < 1.29 is 9.90 Å². The Bertz CT molecular complexity index is 587. The lowest BCUT2D eigenvalue weighted by Crippen LogP contribution is -2.35. The number of hydrogen-bond acceptors (Lipinski definition) is 3. The average molecular weight is 247 g/mol. The van der Waals surface area contributed by atoms with Crippen LogP contribution in [0.5, 0.6) is 5.75 Å². The van der Waals surface area contributed by atoms with Gasteiger partial charge in [-0.05, 0) is 25.1 Å². The van der Waals surface area contributed by atoms with Crippen LogP contribution in [0.4, 0.5) is 0 Å². The van der Waals surface area contributed by atoms with Gasteiger partial charge in [-0.2, -0.15) is 0 Å². The molecule has 96 valence electrons. The van der Waals surface area contributed by atoms with E-state index >= 15 is 0 Å². The monoisotopic (exact) mass is 247 g/mol. The maximum absolute atomic E-state index is 12.0. The molecule has 0 aliphatic heterocycles. The third-order valence-corrected chi connectivity index (χ3v) is 2.85. The summed E-state index contributed by atoms with van der Waals surface area (Å²) < 4.78 is 1.76. The maximum atomic E-state index is 12.0. The molecule has 2 rings (SSSR count). The number of aromatic hydroxyl groups is 1. The maximum Gasteiger partial charge on any atom is 0.267 e. The van der Waals surface area contributed by atoms with E-state index in [1.165, 1.54) is 0 Å². The highest BCUT2D eigenvalue weighted by atomic mass is 16.3. The van der Waals surface area contributed by atoms with Crippen molar-refractivity contribution in [3.05, 3.63) is 30.0 Å². The van der Waals surface area contributed by atoms with Crippen LogP contribution < -0.4 is 11.1 Å². The Balaban J connectivity index is 2.34. The number of fused-ring (bicyclic) bond motifs is 1. The summed E-state index contributed by atoms with van der Waals surface area (Å²) in [6.07, 6.45) is 0. The van der Waals surface area contributed by atoms with Gasteiger partial charge in [-0.1, -0.05) is 0 Å². The second-order valence-electron chi connectivity index (χ2n) is 4.52. The first-order valence-corrected chi connectivity index (χ1v) is 5.81. The van der Waals surface area contributed by atoms with E-state index in [0.29, 0.717) is 12.2 Å². The van der Waals surface area contributed by atoms with Gasteiger partial charge < -0.3 is 20.7 Å². The van der Waals surface area contributed by atoms with E-state index in [4.69, 9.17) is 5.73 Å². The van der Waals surface area contributed by atoms with Gasteiger partial charge in [0.2, 0.25) is 0 Å². The largest absolute Gasteiger partial charge is 0.508 e. The van der Waals surface area contributed by atoms with Crippen LogP contribution in [0.15, 0.2) is 24.3 Å². The summed E-state index contributed by atoms with van der Waals surface area (Å²) in [7, 11) is 1.79. The van der Waals surface area contributed by atoms with Gasteiger partial charge >= 0.3 is 0 Å². The highest BCUT2D eigenvalue weighted by Crippen LogP contribution is 2.22. The van der Waals surface area contributed by atoms with E-state index < -0.39 is 0 Å². The Kier molecular flexibility index (Phi) is 3.25. The number of rotatable bonds is 3. The number of benzene rings is 1. The number of phenolic OH excluding ortho intramolecular Hbond substituents is 1. The van der Waals surface area contributed by atoms with Gasteiger partial charge in [-0.3, -0.25) is 4.79 Å². The Hall–Kier alpha value is -2.01. The van der Waals surface area contributed by atoms with E-state index in [1.807, 2.05) is 6.92 Å². The minimum Gasteiger partial charge on any atom is -0.508 e. The number of carbonyl (C=O) groups is 1. The Morgan fingerprint density at radius 2 is 2.22 bits per heavy atom. The van der Waals surface area contributed by atoms with Crippen molar-refractivity contribution in [1.29, 1.82) is 0 Å². The van der Waals surface area contributed by atoms with Crippen molar-refractivity contribution in [2.45, 2.75) is 13.0 Å². The number of amides is 1. The van der Waals surface area contributed by atoms with Gasteiger partial charge in [0.15, 0.2) is 0 Å². The quantitative estimate of drug-likeness (QED) is 0.755. The zero-order chi connectivity index (χ0) is 13.3. The van der Waals surface area contributed by atoms with Crippen molar-refractivity contribution in [2.75, 3.05) is 6.54 Å². The van der Waals surface area contributed by atoms with Gasteiger partial charge in [0, 0.05) is 31.1 Å². The third kappa shape index (κ3) is 2.31. The summed E-state index contributed by atoms with van der Waals surface area (Å²) in [6.45, 7) is 2.27. The molecule has 1 amide bonds. The fourth-order valence-electron chi connectivity index (χ4n) is 1.88. The van der Waals surface area contributed by atoms with Crippen LogP contribution in [0.2, 0.25) is 0 Å². The van der Waals surface area contributed by atoms with E-state index in [0.717, 1.165) is 10.9 Å². The first-order valence-electron chi connectivity index (χ1n) is 5.81. The van der Waals surface area contributed by atoms with Crippen LogP contribution in [0, 0.1) is 0 Å². The molecule has 1 heterocycles. The van der Waals surface area contributed by atoms with Crippen molar-refractivity contribution in [1.82, 2.24) is 9.88 Å². The standard InChI is InChI=1S/C13H17N3O2/c1-8(14)7-15-13(18)12-5-9-3-4-10(17)6-11(9)16(12)2/h3-6,8,17H,7,14H2,1-2H3,(H,15,18). The minimum atomic E-state index is -0.162. The summed E-state index contributed by atoms with van der Waals surface area (Å²) in [5.74, 6) is 0.0247. The van der Waals surface area contributed by atoms with Crippen LogP contribution in [0.3, 0.4) is 0 Å². The molecule has 0 fully saturated rings. The summed E-state index contributed by atoms with van der Waals surface area (Å²) in [4.78, 5) is 12.0. The van der Waals surface area contributed by atoms with E-state index in [-0.39, 0.29) is 17.7 Å². The molecule has 18 heavy (non-hydrogen) atoms. The molecular formula is C13H17N3O2.